The quantitative estimate of drug-likeness (QED) is 0.352. The van der Waals surface area contributed by atoms with Crippen LogP contribution in [-0.4, -0.2) is 18.4 Å². The van der Waals surface area contributed by atoms with Crippen LogP contribution in [0.1, 0.15) is 45.4 Å². The third-order valence-corrected chi connectivity index (χ3v) is 3.15. The number of esters is 1. The van der Waals surface area contributed by atoms with E-state index in [4.69, 9.17) is 4.74 Å². The van der Waals surface area contributed by atoms with Crippen LogP contribution in [0.15, 0.2) is 12.7 Å². The summed E-state index contributed by atoms with van der Waals surface area (Å²) in [5.41, 5.74) is 0. The Labute approximate surface area is 103 Å². The number of Topliss-reactive ketones (excluding diaryl/α,β-unsaturated/α-hetero) is 1. The largest absolute Gasteiger partial charge is 0.466 e. The van der Waals surface area contributed by atoms with E-state index in [9.17, 15) is 9.59 Å². The molecule has 3 heteroatoms. The van der Waals surface area contributed by atoms with E-state index in [2.05, 4.69) is 6.58 Å². The van der Waals surface area contributed by atoms with E-state index in [1.54, 1.807) is 13.0 Å². The van der Waals surface area contributed by atoms with Crippen LogP contribution in [0.3, 0.4) is 0 Å². The minimum absolute atomic E-state index is 0.00370. The molecule has 0 spiro atoms. The number of rotatable bonds is 9. The van der Waals surface area contributed by atoms with Crippen molar-refractivity contribution in [1.82, 2.24) is 0 Å². The van der Waals surface area contributed by atoms with E-state index in [0.717, 1.165) is 18.8 Å². The Morgan fingerprint density at radius 1 is 1.47 bits per heavy atom. The molecule has 0 saturated heterocycles. The Kier molecular flexibility index (Phi) is 5.95. The second-order valence-electron chi connectivity index (χ2n) is 4.69. The lowest BCUT2D eigenvalue weighted by Crippen LogP contribution is -2.19. The first-order chi connectivity index (χ1) is 8.17. The van der Waals surface area contributed by atoms with Crippen molar-refractivity contribution in [3.8, 4) is 0 Å². The summed E-state index contributed by atoms with van der Waals surface area (Å²) in [4.78, 5) is 23.1. The van der Waals surface area contributed by atoms with Crippen molar-refractivity contribution in [3.63, 3.8) is 0 Å². The molecule has 0 N–H and O–H groups in total. The summed E-state index contributed by atoms with van der Waals surface area (Å²) < 4.78 is 4.79. The SMILES string of the molecule is C=CCC(CCC1CC1)C(=O)CC(=O)OCC. The maximum absolute atomic E-state index is 11.9. The normalized spacial score (nSPS) is 16.3. The summed E-state index contributed by atoms with van der Waals surface area (Å²) in [5, 5.41) is 0. The van der Waals surface area contributed by atoms with Crippen LogP contribution in [-0.2, 0) is 14.3 Å². The molecule has 1 aliphatic carbocycles. The molecule has 1 rings (SSSR count). The minimum atomic E-state index is -0.405. The van der Waals surface area contributed by atoms with Gasteiger partial charge in [-0.05, 0) is 32.1 Å². The third-order valence-electron chi connectivity index (χ3n) is 3.15. The first-order valence-electron chi connectivity index (χ1n) is 6.46. The zero-order valence-electron chi connectivity index (χ0n) is 10.6. The number of allylic oxidation sites excluding steroid dienone is 1. The van der Waals surface area contributed by atoms with E-state index < -0.39 is 5.97 Å². The van der Waals surface area contributed by atoms with E-state index in [-0.39, 0.29) is 18.1 Å². The fourth-order valence-electron chi connectivity index (χ4n) is 1.95. The predicted molar refractivity (Wildman–Crippen MR) is 66.5 cm³/mol. The summed E-state index contributed by atoms with van der Waals surface area (Å²) in [6.45, 7) is 5.75. The van der Waals surface area contributed by atoms with Gasteiger partial charge in [-0.15, -0.1) is 6.58 Å². The highest BCUT2D eigenvalue weighted by Gasteiger charge is 2.25. The van der Waals surface area contributed by atoms with Crippen LogP contribution < -0.4 is 0 Å². The van der Waals surface area contributed by atoms with Gasteiger partial charge in [0, 0.05) is 5.92 Å². The highest BCUT2D eigenvalue weighted by Crippen LogP contribution is 2.35. The van der Waals surface area contributed by atoms with Crippen LogP contribution in [0.5, 0.6) is 0 Å². The highest BCUT2D eigenvalue weighted by atomic mass is 16.5. The van der Waals surface area contributed by atoms with Gasteiger partial charge >= 0.3 is 5.97 Å². The second kappa shape index (κ2) is 7.25. The molecule has 0 radical (unpaired) electrons. The molecule has 0 aromatic heterocycles. The average molecular weight is 238 g/mol. The van der Waals surface area contributed by atoms with Gasteiger partial charge in [-0.1, -0.05) is 18.9 Å². The summed E-state index contributed by atoms with van der Waals surface area (Å²) in [5.74, 6) is 0.372. The number of carbonyl (C=O) groups is 2. The lowest BCUT2D eigenvalue weighted by atomic mass is 9.92. The van der Waals surface area contributed by atoms with Gasteiger partial charge < -0.3 is 4.74 Å². The van der Waals surface area contributed by atoms with Crippen LogP contribution in [0.2, 0.25) is 0 Å². The molecule has 1 atom stereocenters. The van der Waals surface area contributed by atoms with Gasteiger partial charge in [0.05, 0.1) is 6.61 Å². The molecule has 0 aromatic carbocycles. The fourth-order valence-corrected chi connectivity index (χ4v) is 1.95. The molecule has 1 fully saturated rings. The lowest BCUT2D eigenvalue weighted by molar-refractivity contribution is -0.146. The second-order valence-corrected chi connectivity index (χ2v) is 4.69. The van der Waals surface area contributed by atoms with Crippen molar-refractivity contribution >= 4 is 11.8 Å². The van der Waals surface area contributed by atoms with Gasteiger partial charge in [0.15, 0.2) is 0 Å². The number of ketones is 1. The monoisotopic (exact) mass is 238 g/mol. The molecule has 0 bridgehead atoms. The van der Waals surface area contributed by atoms with Crippen molar-refractivity contribution in [2.45, 2.75) is 45.4 Å². The van der Waals surface area contributed by atoms with Gasteiger partial charge in [0.1, 0.15) is 12.2 Å². The van der Waals surface area contributed by atoms with E-state index >= 15 is 0 Å². The van der Waals surface area contributed by atoms with Gasteiger partial charge in [-0.3, -0.25) is 9.59 Å². The Bertz CT molecular complexity index is 279. The minimum Gasteiger partial charge on any atom is -0.466 e. The average Bonchev–Trinajstić information content (AvgIpc) is 3.08. The molecule has 96 valence electrons. The smallest absolute Gasteiger partial charge is 0.313 e. The molecule has 1 saturated carbocycles. The topological polar surface area (TPSA) is 43.4 Å². The molecule has 0 amide bonds. The van der Waals surface area contributed by atoms with Crippen molar-refractivity contribution in [1.29, 1.82) is 0 Å². The predicted octanol–water partition coefficient (Wildman–Crippen LogP) is 2.89. The Hall–Kier alpha value is -1.12. The zero-order valence-corrected chi connectivity index (χ0v) is 10.6. The van der Waals surface area contributed by atoms with Gasteiger partial charge in [0.25, 0.3) is 0 Å². The zero-order chi connectivity index (χ0) is 12.7. The summed E-state index contributed by atoms with van der Waals surface area (Å²) in [6.07, 6.45) is 6.93. The van der Waals surface area contributed by atoms with Crippen LogP contribution in [0, 0.1) is 11.8 Å². The highest BCUT2D eigenvalue weighted by molar-refractivity contribution is 5.96. The molecular formula is C14H22O3. The van der Waals surface area contributed by atoms with E-state index in [0.29, 0.717) is 13.0 Å². The Morgan fingerprint density at radius 2 is 2.18 bits per heavy atom. The molecule has 0 aromatic rings. The van der Waals surface area contributed by atoms with Crippen molar-refractivity contribution in [2.24, 2.45) is 11.8 Å². The van der Waals surface area contributed by atoms with Gasteiger partial charge in [-0.25, -0.2) is 0 Å². The first kappa shape index (κ1) is 13.9. The Morgan fingerprint density at radius 3 is 2.71 bits per heavy atom. The van der Waals surface area contributed by atoms with Crippen LogP contribution in [0.4, 0.5) is 0 Å². The molecule has 0 aliphatic heterocycles. The number of hydrogen-bond donors (Lipinski definition) is 0. The number of hydrogen-bond acceptors (Lipinski definition) is 3. The Balaban J connectivity index is 2.34. The molecule has 1 unspecified atom stereocenters. The van der Waals surface area contributed by atoms with Crippen molar-refractivity contribution < 1.29 is 14.3 Å². The first-order valence-corrected chi connectivity index (χ1v) is 6.46. The molecule has 3 nitrogen and oxygen atoms in total. The lowest BCUT2D eigenvalue weighted by Gasteiger charge is -2.13. The summed E-state index contributed by atoms with van der Waals surface area (Å²) in [7, 11) is 0. The number of ether oxygens (including phenoxy) is 1. The number of carbonyl (C=O) groups excluding carboxylic acids is 2. The van der Waals surface area contributed by atoms with Gasteiger partial charge in [0.2, 0.25) is 0 Å². The molecule has 17 heavy (non-hydrogen) atoms. The fraction of sp³-hybridized carbons (Fsp3) is 0.714. The van der Waals surface area contributed by atoms with Crippen molar-refractivity contribution in [3.05, 3.63) is 12.7 Å². The van der Waals surface area contributed by atoms with E-state index in [1.165, 1.54) is 12.8 Å². The third kappa shape index (κ3) is 5.66. The van der Waals surface area contributed by atoms with Crippen molar-refractivity contribution in [2.75, 3.05) is 6.61 Å². The molecular weight excluding hydrogens is 216 g/mol. The maximum Gasteiger partial charge on any atom is 0.313 e. The standard InChI is InChI=1S/C14H22O3/c1-3-5-12(9-8-11-6-7-11)13(15)10-14(16)17-4-2/h3,11-12H,1,4-10H2,2H3. The van der Waals surface area contributed by atoms with Crippen LogP contribution >= 0.6 is 0 Å². The summed E-state index contributed by atoms with van der Waals surface area (Å²) in [6, 6.07) is 0. The van der Waals surface area contributed by atoms with Gasteiger partial charge in [-0.2, -0.15) is 0 Å². The summed E-state index contributed by atoms with van der Waals surface area (Å²) >= 11 is 0. The molecule has 0 heterocycles. The van der Waals surface area contributed by atoms with E-state index in [1.807, 2.05) is 0 Å². The molecule has 1 aliphatic rings. The maximum atomic E-state index is 11.9. The van der Waals surface area contributed by atoms with Crippen LogP contribution in [0.25, 0.3) is 0 Å².